The molecule has 2 heteroatoms. The summed E-state index contributed by atoms with van der Waals surface area (Å²) in [6.45, 7) is 8.62. The van der Waals surface area contributed by atoms with Crippen LogP contribution in [-0.2, 0) is 0 Å². The van der Waals surface area contributed by atoms with Gasteiger partial charge in [0.15, 0.2) is 0 Å². The van der Waals surface area contributed by atoms with Gasteiger partial charge in [-0.05, 0) is 44.2 Å². The van der Waals surface area contributed by atoms with Gasteiger partial charge in [0, 0.05) is 11.9 Å². The lowest BCUT2D eigenvalue weighted by atomic mass is 10.0. The van der Waals surface area contributed by atoms with E-state index in [9.17, 15) is 0 Å². The number of halogens is 1. The van der Waals surface area contributed by atoms with Crippen molar-refractivity contribution in [1.29, 1.82) is 0 Å². The van der Waals surface area contributed by atoms with Crippen molar-refractivity contribution in [3.8, 4) is 0 Å². The number of likely N-dealkylation sites (tertiary alicyclic amines) is 1. The molecule has 0 bridgehead atoms. The van der Waals surface area contributed by atoms with E-state index in [0.29, 0.717) is 0 Å². The highest BCUT2D eigenvalue weighted by Gasteiger charge is 2.14. The maximum absolute atomic E-state index is 3.55. The van der Waals surface area contributed by atoms with Gasteiger partial charge in [-0.3, -0.25) is 0 Å². The van der Waals surface area contributed by atoms with Gasteiger partial charge in [0.05, 0.1) is 0 Å². The second-order valence-corrected chi connectivity index (χ2v) is 5.24. The molecule has 0 radical (unpaired) electrons. The molecule has 13 heavy (non-hydrogen) atoms. The van der Waals surface area contributed by atoms with Gasteiger partial charge in [-0.1, -0.05) is 29.8 Å². The molecule has 0 amide bonds. The monoisotopic (exact) mass is 247 g/mol. The molecular formula is C11H22BrN. The summed E-state index contributed by atoms with van der Waals surface area (Å²) in [6.07, 6.45) is 4.23. The van der Waals surface area contributed by atoms with Crippen molar-refractivity contribution in [1.82, 2.24) is 4.90 Å². The Bertz CT molecular complexity index is 138. The fourth-order valence-electron chi connectivity index (χ4n) is 1.99. The smallest absolute Gasteiger partial charge is 0.00692 e. The Hall–Kier alpha value is 0.440. The predicted molar refractivity (Wildman–Crippen MR) is 62.4 cm³/mol. The summed E-state index contributed by atoms with van der Waals surface area (Å²) in [7, 11) is 0. The highest BCUT2D eigenvalue weighted by Crippen LogP contribution is 2.17. The third-order valence-electron chi connectivity index (χ3n) is 2.94. The van der Waals surface area contributed by atoms with Crippen LogP contribution in [0.4, 0.5) is 0 Å². The Balaban J connectivity index is 2.25. The lowest BCUT2D eigenvalue weighted by Crippen LogP contribution is -2.30. The second kappa shape index (κ2) is 6.02. The van der Waals surface area contributed by atoms with Crippen LogP contribution in [0.25, 0.3) is 0 Å². The molecule has 0 aromatic heterocycles. The zero-order valence-corrected chi connectivity index (χ0v) is 10.5. The third-order valence-corrected chi connectivity index (χ3v) is 4.05. The molecule has 0 aromatic carbocycles. The van der Waals surface area contributed by atoms with Gasteiger partial charge in [0.25, 0.3) is 0 Å². The minimum atomic E-state index is 0.799. The standard InChI is InChI=1S/C11H22BrN/c1-10-4-3-6-13(7-5-10)9-11(2)8-12/h10-11H,3-9H2,1-2H3. The van der Waals surface area contributed by atoms with Crippen LogP contribution in [0.2, 0.25) is 0 Å². The Labute approximate surface area is 91.0 Å². The quantitative estimate of drug-likeness (QED) is 0.693. The summed E-state index contributed by atoms with van der Waals surface area (Å²) >= 11 is 3.55. The molecule has 0 N–H and O–H groups in total. The normalized spacial score (nSPS) is 28.4. The Morgan fingerprint density at radius 3 is 2.85 bits per heavy atom. The lowest BCUT2D eigenvalue weighted by molar-refractivity contribution is 0.253. The number of hydrogen-bond donors (Lipinski definition) is 0. The number of hydrogen-bond acceptors (Lipinski definition) is 1. The van der Waals surface area contributed by atoms with Gasteiger partial charge in [-0.15, -0.1) is 0 Å². The van der Waals surface area contributed by atoms with Crippen LogP contribution in [-0.4, -0.2) is 29.9 Å². The van der Waals surface area contributed by atoms with E-state index in [1.54, 1.807) is 0 Å². The Morgan fingerprint density at radius 2 is 2.15 bits per heavy atom. The summed E-state index contributed by atoms with van der Waals surface area (Å²) in [5, 5.41) is 1.14. The van der Waals surface area contributed by atoms with E-state index in [1.165, 1.54) is 38.9 Å². The van der Waals surface area contributed by atoms with Gasteiger partial charge in [0.1, 0.15) is 0 Å². The predicted octanol–water partition coefficient (Wildman–Crippen LogP) is 3.14. The molecule has 78 valence electrons. The van der Waals surface area contributed by atoms with E-state index >= 15 is 0 Å². The fraction of sp³-hybridized carbons (Fsp3) is 1.00. The Kier molecular flexibility index (Phi) is 5.34. The van der Waals surface area contributed by atoms with Crippen LogP contribution in [0.5, 0.6) is 0 Å². The number of rotatable bonds is 3. The molecule has 0 aromatic rings. The topological polar surface area (TPSA) is 3.24 Å². The first-order valence-electron chi connectivity index (χ1n) is 5.50. The molecule has 0 spiro atoms. The van der Waals surface area contributed by atoms with Crippen molar-refractivity contribution < 1.29 is 0 Å². The van der Waals surface area contributed by atoms with E-state index in [-0.39, 0.29) is 0 Å². The average molecular weight is 248 g/mol. The minimum Gasteiger partial charge on any atom is -0.303 e. The molecule has 1 fully saturated rings. The summed E-state index contributed by atoms with van der Waals surface area (Å²) in [5.41, 5.74) is 0. The summed E-state index contributed by atoms with van der Waals surface area (Å²) in [5.74, 6) is 1.75. The molecule has 0 saturated carbocycles. The molecule has 2 unspecified atom stereocenters. The van der Waals surface area contributed by atoms with Crippen LogP contribution in [0.3, 0.4) is 0 Å². The highest BCUT2D eigenvalue weighted by molar-refractivity contribution is 9.09. The largest absolute Gasteiger partial charge is 0.303 e. The third kappa shape index (κ3) is 4.46. The van der Waals surface area contributed by atoms with E-state index in [0.717, 1.165) is 17.2 Å². The van der Waals surface area contributed by atoms with Crippen molar-refractivity contribution in [2.45, 2.75) is 33.1 Å². The van der Waals surface area contributed by atoms with Gasteiger partial charge in [-0.25, -0.2) is 0 Å². The summed E-state index contributed by atoms with van der Waals surface area (Å²) < 4.78 is 0. The molecular weight excluding hydrogens is 226 g/mol. The maximum Gasteiger partial charge on any atom is 0.00692 e. The van der Waals surface area contributed by atoms with Crippen molar-refractivity contribution in [2.24, 2.45) is 11.8 Å². The first-order valence-corrected chi connectivity index (χ1v) is 6.63. The molecule has 1 aliphatic rings. The Morgan fingerprint density at radius 1 is 1.38 bits per heavy atom. The average Bonchev–Trinajstić information content (AvgIpc) is 2.31. The van der Waals surface area contributed by atoms with Gasteiger partial charge in [0.2, 0.25) is 0 Å². The van der Waals surface area contributed by atoms with Gasteiger partial charge >= 0.3 is 0 Å². The molecule has 1 nitrogen and oxygen atoms in total. The van der Waals surface area contributed by atoms with Crippen LogP contribution < -0.4 is 0 Å². The van der Waals surface area contributed by atoms with Gasteiger partial charge < -0.3 is 4.90 Å². The summed E-state index contributed by atoms with van der Waals surface area (Å²) in [4.78, 5) is 2.63. The van der Waals surface area contributed by atoms with Crippen LogP contribution in [0, 0.1) is 11.8 Å². The molecule has 2 atom stereocenters. The van der Waals surface area contributed by atoms with Crippen molar-refractivity contribution in [2.75, 3.05) is 25.0 Å². The van der Waals surface area contributed by atoms with E-state index in [1.807, 2.05) is 0 Å². The van der Waals surface area contributed by atoms with E-state index < -0.39 is 0 Å². The number of nitrogens with zero attached hydrogens (tertiary/aromatic N) is 1. The summed E-state index contributed by atoms with van der Waals surface area (Å²) in [6, 6.07) is 0. The van der Waals surface area contributed by atoms with Gasteiger partial charge in [-0.2, -0.15) is 0 Å². The molecule has 1 aliphatic heterocycles. The first-order chi connectivity index (χ1) is 6.22. The maximum atomic E-state index is 3.55. The zero-order chi connectivity index (χ0) is 9.68. The van der Waals surface area contributed by atoms with Crippen molar-refractivity contribution in [3.05, 3.63) is 0 Å². The lowest BCUT2D eigenvalue weighted by Gasteiger charge is -2.22. The fourth-order valence-corrected chi connectivity index (χ4v) is 2.20. The van der Waals surface area contributed by atoms with Crippen LogP contribution in [0.1, 0.15) is 33.1 Å². The highest BCUT2D eigenvalue weighted by atomic mass is 79.9. The van der Waals surface area contributed by atoms with Crippen LogP contribution in [0.15, 0.2) is 0 Å². The minimum absolute atomic E-state index is 0.799. The zero-order valence-electron chi connectivity index (χ0n) is 8.93. The SMILES string of the molecule is CC1CCCN(CC(C)CBr)CC1. The molecule has 1 heterocycles. The van der Waals surface area contributed by atoms with Crippen molar-refractivity contribution >= 4 is 15.9 Å². The molecule has 1 rings (SSSR count). The van der Waals surface area contributed by atoms with E-state index in [2.05, 4.69) is 34.7 Å². The second-order valence-electron chi connectivity index (χ2n) is 4.60. The van der Waals surface area contributed by atoms with Crippen LogP contribution >= 0.6 is 15.9 Å². The number of alkyl halides is 1. The van der Waals surface area contributed by atoms with E-state index in [4.69, 9.17) is 0 Å². The molecule has 1 saturated heterocycles. The molecule has 0 aliphatic carbocycles. The first kappa shape index (κ1) is 11.5. The van der Waals surface area contributed by atoms with Crippen molar-refractivity contribution in [3.63, 3.8) is 0 Å².